The Morgan fingerprint density at radius 2 is 0.486 bits per heavy atom. The summed E-state index contributed by atoms with van der Waals surface area (Å²) in [6.45, 7) is 0. The average Bonchev–Trinajstić information content (AvgIpc) is 0.627. The minimum absolute atomic E-state index is 0.0410. The van der Waals surface area contributed by atoms with Gasteiger partial charge in [-0.3, -0.25) is 0 Å². The third kappa shape index (κ3) is 10.5. The molecule has 10 unspecified atom stereocenters. The minimum atomic E-state index is -7.88. The van der Waals surface area contributed by atoms with Gasteiger partial charge in [-0.2, -0.15) is 158 Å². The highest BCUT2D eigenvalue weighted by atomic mass is 19.4. The van der Waals surface area contributed by atoms with E-state index in [1.165, 1.54) is 0 Å². The Labute approximate surface area is 576 Å². The van der Waals surface area contributed by atoms with Gasteiger partial charge in [0.15, 0.2) is 0 Å². The summed E-state index contributed by atoms with van der Waals surface area (Å²) in [5, 5.41) is 0. The van der Waals surface area contributed by atoms with E-state index >= 15 is 105 Å². The zero-order valence-corrected chi connectivity index (χ0v) is 51.2. The van der Waals surface area contributed by atoms with Crippen molar-refractivity contribution in [3.05, 3.63) is 145 Å². The molecule has 0 radical (unpaired) electrons. The first kappa shape index (κ1) is 82.9. The second-order valence-corrected chi connectivity index (χ2v) is 24.1. The predicted octanol–water partition coefficient (Wildman–Crippen LogP) is 20.1. The molecule has 6 aliphatic rings. The lowest BCUT2D eigenvalue weighted by Crippen LogP contribution is -2.97. The van der Waals surface area contributed by atoms with E-state index in [0.29, 0.717) is 0 Å². The van der Waals surface area contributed by atoms with Crippen LogP contribution in [0.1, 0.15) is 12.8 Å². The smallest absolute Gasteiger partial charge is 0.449 e. The molecule has 4 saturated carbocycles. The monoisotopic (exact) mass is 1650 g/mol. The number of hydrogen-bond donors (Lipinski definition) is 0. The van der Waals surface area contributed by atoms with Crippen LogP contribution in [0.3, 0.4) is 0 Å². The van der Waals surface area contributed by atoms with Crippen LogP contribution in [0, 0.1) is 0 Å². The molecule has 0 N–H and O–H groups in total. The van der Waals surface area contributed by atoms with Crippen molar-refractivity contribution in [2.75, 3.05) is 0 Å². The van der Waals surface area contributed by atoms with Crippen LogP contribution in [0.5, 0.6) is 46.0 Å². The highest BCUT2D eigenvalue weighted by Crippen LogP contribution is 2.81. The van der Waals surface area contributed by atoms with Crippen molar-refractivity contribution in [3.8, 4) is 46.0 Å². The fourth-order valence-electron chi connectivity index (χ4n) is 12.4. The Morgan fingerprint density at radius 1 is 0.275 bits per heavy atom. The van der Waals surface area contributed by atoms with Gasteiger partial charge in [0.1, 0.15) is 57.2 Å². The molecule has 0 bridgehead atoms. The zero-order chi connectivity index (χ0) is 82.4. The Hall–Kier alpha value is -8.60. The maximum atomic E-state index is 19.4. The van der Waals surface area contributed by atoms with Gasteiger partial charge in [0.25, 0.3) is 22.7 Å². The molecule has 4 aromatic rings. The quantitative estimate of drug-likeness (QED) is 0.0571. The molecule has 10 rings (SSSR count). The summed E-state index contributed by atoms with van der Waals surface area (Å²) in [7, 11) is 0. The standard InChI is InChI=1S/C60H30F40O9/c61-35(62)43(71,72)101-27-9-1-13-31(19-27)105-57(97)41(69,49(81,82)53(57,89)90)25-7-5-17-39(23-25,47(79)51(85,86)55(93,94)59(47,99)107-33-15-3-11-29(21-33)103-45(75,76)37(65)66)109-40(48(80)52(87,88)56(95,96)60(48,100)108-34-16-4-12-30(22-34)104-46(77,78)38(67)68)18-6-8-26(24-40)42(70)50(83,84)54(91,92)58(42,98)106-32-14-2-10-28(20-32)102-44(73,74)36(63)64/h1-22,35-38H,23-24H2. The van der Waals surface area contributed by atoms with Crippen molar-refractivity contribution in [1.82, 2.24) is 0 Å². The van der Waals surface area contributed by atoms with Crippen molar-refractivity contribution in [2.45, 2.75) is 168 Å². The summed E-state index contributed by atoms with van der Waals surface area (Å²) in [5.74, 6) is -105. The van der Waals surface area contributed by atoms with Crippen LogP contribution in [-0.2, 0) is 4.74 Å². The maximum absolute atomic E-state index is 19.4. The molecule has 6 aliphatic carbocycles. The first-order valence-electron chi connectivity index (χ1n) is 28.8. The average molecular weight is 1650 g/mol. The predicted molar refractivity (Wildman–Crippen MR) is 275 cm³/mol. The minimum Gasteiger partial charge on any atom is -0.449 e. The van der Waals surface area contributed by atoms with Crippen LogP contribution in [0.25, 0.3) is 0 Å². The van der Waals surface area contributed by atoms with E-state index in [1.807, 2.05) is 0 Å². The van der Waals surface area contributed by atoms with E-state index in [0.717, 1.165) is 0 Å². The van der Waals surface area contributed by atoms with E-state index in [-0.39, 0.29) is 72.8 Å². The normalized spacial score (nSPS) is 33.7. The largest absolute Gasteiger partial charge is 0.461 e. The Kier molecular flexibility index (Phi) is 18.6. The maximum Gasteiger partial charge on any atom is 0.461 e. The first-order chi connectivity index (χ1) is 49.2. The van der Waals surface area contributed by atoms with Crippen LogP contribution in [-0.4, -0.2) is 155 Å². The van der Waals surface area contributed by atoms with Gasteiger partial charge in [0.2, 0.25) is 0 Å². The molecule has 0 amide bonds. The molecule has 0 saturated heterocycles. The highest BCUT2D eigenvalue weighted by Gasteiger charge is 3.09. The molecule has 0 spiro atoms. The van der Waals surface area contributed by atoms with Gasteiger partial charge in [0.05, 0.1) is 0 Å². The molecule has 604 valence electrons. The summed E-state index contributed by atoms with van der Waals surface area (Å²) in [5.41, 5.74) is -49.3. The van der Waals surface area contributed by atoms with E-state index in [1.54, 1.807) is 0 Å². The molecular formula is C60H30F40O9. The lowest BCUT2D eigenvalue weighted by Gasteiger charge is -2.68. The van der Waals surface area contributed by atoms with Crippen molar-refractivity contribution in [3.63, 3.8) is 0 Å². The molecule has 109 heavy (non-hydrogen) atoms. The molecule has 4 aromatic carbocycles. The summed E-state index contributed by atoms with van der Waals surface area (Å²) in [4.78, 5) is 0. The molecular weight excluding hydrogens is 1620 g/mol. The Bertz CT molecular complexity index is 4060. The fraction of sp³-hybridized carbons (Fsp3) is 0.467. The molecule has 0 aromatic heterocycles. The van der Waals surface area contributed by atoms with E-state index in [2.05, 4.69) is 37.9 Å². The Morgan fingerprint density at radius 3 is 0.716 bits per heavy atom. The second-order valence-electron chi connectivity index (χ2n) is 24.1. The van der Waals surface area contributed by atoms with Gasteiger partial charge in [-0.05, 0) is 71.8 Å². The summed E-state index contributed by atoms with van der Waals surface area (Å²) < 4.78 is 664. The number of allylic oxidation sites excluding steroid dienone is 4. The SMILES string of the molecule is FC(F)C(F)(F)Oc1cccc(OC2(F)C(F)(F)C(F)(F)C2(F)C2=CC=CC(OC3(C4(F)C(F)(F)C(F)(F)C4(F)Oc4cccc(OC(F)(F)C(F)F)c4)C=CC=C(C4(F)C(F)(F)C(F)(F)C4(F)Oc4cccc(OC(F)(F)C(F)F)c4)C3)(C3(F)C(F)(F)C(F)(F)C3(F)Oc3cccc(OC(F)(F)C(F)F)c3)C2)c1. The fourth-order valence-corrected chi connectivity index (χ4v) is 12.4. The summed E-state index contributed by atoms with van der Waals surface area (Å²) in [6, 6.07) is -3.50. The van der Waals surface area contributed by atoms with Crippen molar-refractivity contribution >= 4 is 0 Å². The number of hydrogen-bond acceptors (Lipinski definition) is 9. The van der Waals surface area contributed by atoms with Gasteiger partial charge in [-0.25, -0.2) is 17.6 Å². The van der Waals surface area contributed by atoms with Crippen LogP contribution in [0.2, 0.25) is 0 Å². The lowest BCUT2D eigenvalue weighted by molar-refractivity contribution is -0.532. The van der Waals surface area contributed by atoms with Crippen LogP contribution in [0.4, 0.5) is 176 Å². The molecule has 0 aliphatic heterocycles. The lowest BCUT2D eigenvalue weighted by atomic mass is 9.52. The molecule has 4 fully saturated rings. The van der Waals surface area contributed by atoms with Crippen LogP contribution < -0.4 is 37.9 Å². The molecule has 9 nitrogen and oxygen atoms in total. The number of ether oxygens (including phenoxy) is 9. The zero-order valence-electron chi connectivity index (χ0n) is 51.2. The first-order valence-corrected chi connectivity index (χ1v) is 28.8. The number of benzene rings is 4. The molecule has 49 heteroatoms. The van der Waals surface area contributed by atoms with Crippen molar-refractivity contribution in [1.29, 1.82) is 0 Å². The third-order valence-electron chi connectivity index (χ3n) is 17.6. The Balaban J connectivity index is 1.25. The third-order valence-corrected chi connectivity index (χ3v) is 17.6. The summed E-state index contributed by atoms with van der Waals surface area (Å²) >= 11 is 0. The molecule has 10 atom stereocenters. The van der Waals surface area contributed by atoms with Gasteiger partial charge in [0, 0.05) is 37.1 Å². The van der Waals surface area contributed by atoms with E-state index < -0.39 is 286 Å². The highest BCUT2D eigenvalue weighted by molar-refractivity contribution is 5.55. The van der Waals surface area contributed by atoms with Gasteiger partial charge < -0.3 is 42.6 Å². The van der Waals surface area contributed by atoms with Gasteiger partial charge in [-0.1, -0.05) is 48.6 Å². The number of rotatable bonds is 26. The van der Waals surface area contributed by atoms with Crippen molar-refractivity contribution < 1.29 is 218 Å². The van der Waals surface area contributed by atoms with E-state index in [4.69, 9.17) is 4.74 Å². The second kappa shape index (κ2) is 24.5. The van der Waals surface area contributed by atoms with Crippen LogP contribution in [0.15, 0.2) is 145 Å². The number of alkyl halides is 40. The molecule has 0 heterocycles. The number of halogens is 40. The topological polar surface area (TPSA) is 83.1 Å². The van der Waals surface area contributed by atoms with Crippen molar-refractivity contribution in [2.24, 2.45) is 0 Å². The van der Waals surface area contributed by atoms with Crippen LogP contribution >= 0.6 is 0 Å². The summed E-state index contributed by atoms with van der Waals surface area (Å²) in [6.07, 6.45) is -58.0. The van der Waals surface area contributed by atoms with E-state index in [9.17, 15) is 70.2 Å². The van der Waals surface area contributed by atoms with Gasteiger partial charge in [-0.15, -0.1) is 0 Å². The van der Waals surface area contributed by atoms with Gasteiger partial charge >= 0.3 is 121 Å².